The van der Waals surface area contributed by atoms with Crippen molar-refractivity contribution in [2.24, 2.45) is 5.92 Å². The molecule has 5 heteroatoms. The number of piperidine rings is 1. The molecule has 31 heavy (non-hydrogen) atoms. The second-order valence-electron chi connectivity index (χ2n) is 8.64. The number of allylic oxidation sites excluding steroid dienone is 1. The number of rotatable bonds is 7. The third-order valence-corrected chi connectivity index (χ3v) is 6.72. The number of hydrogen-bond donors (Lipinski definition) is 1. The van der Waals surface area contributed by atoms with Crippen LogP contribution < -0.4 is 10.1 Å². The first-order chi connectivity index (χ1) is 15.0. The van der Waals surface area contributed by atoms with Crippen molar-refractivity contribution < 1.29 is 13.9 Å². The van der Waals surface area contributed by atoms with E-state index in [0.29, 0.717) is 36.6 Å². The highest BCUT2D eigenvalue weighted by Gasteiger charge is 2.36. The van der Waals surface area contributed by atoms with Crippen LogP contribution in [0.25, 0.3) is 0 Å². The van der Waals surface area contributed by atoms with Crippen LogP contribution in [-0.4, -0.2) is 36.5 Å². The van der Waals surface area contributed by atoms with Crippen molar-refractivity contribution in [3.05, 3.63) is 77.1 Å². The molecule has 0 saturated carbocycles. The van der Waals surface area contributed by atoms with Gasteiger partial charge in [-0.1, -0.05) is 42.5 Å². The summed E-state index contributed by atoms with van der Waals surface area (Å²) < 4.78 is 19.4. The lowest BCUT2D eigenvalue weighted by molar-refractivity contribution is 0.0574. The summed E-state index contributed by atoms with van der Waals surface area (Å²) in [4.78, 5) is 14.4. The highest BCUT2D eigenvalue weighted by atomic mass is 19.1. The fourth-order valence-corrected chi connectivity index (χ4v) is 4.92. The van der Waals surface area contributed by atoms with Gasteiger partial charge in [-0.2, -0.15) is 0 Å². The molecule has 0 spiro atoms. The van der Waals surface area contributed by atoms with Crippen LogP contribution in [0.5, 0.6) is 5.75 Å². The van der Waals surface area contributed by atoms with Gasteiger partial charge in [-0.15, -0.1) is 0 Å². The summed E-state index contributed by atoms with van der Waals surface area (Å²) in [6.07, 6.45) is 3.43. The maximum absolute atomic E-state index is 13.1. The Morgan fingerprint density at radius 3 is 2.84 bits per heavy atom. The number of carbonyl (C=O) groups excluding carboxylic acids is 1. The molecule has 164 valence electrons. The molecule has 2 aliphatic rings. The van der Waals surface area contributed by atoms with E-state index in [2.05, 4.69) is 47.5 Å². The van der Waals surface area contributed by atoms with Gasteiger partial charge < -0.3 is 10.1 Å². The predicted octanol–water partition coefficient (Wildman–Crippen LogP) is 5.07. The first-order valence-corrected chi connectivity index (χ1v) is 11.2. The molecule has 2 heterocycles. The van der Waals surface area contributed by atoms with E-state index in [1.54, 1.807) is 6.08 Å². The Kier molecular flexibility index (Phi) is 6.71. The Bertz CT molecular complexity index is 940. The van der Waals surface area contributed by atoms with E-state index < -0.39 is 0 Å². The fourth-order valence-electron chi connectivity index (χ4n) is 4.92. The minimum Gasteiger partial charge on any atom is -0.493 e. The lowest BCUT2D eigenvalue weighted by Gasteiger charge is -2.44. The normalized spacial score (nSPS) is 24.0. The summed E-state index contributed by atoms with van der Waals surface area (Å²) in [6, 6.07) is 16.7. The molecule has 0 unspecified atom stereocenters. The Hall–Kier alpha value is -2.66. The van der Waals surface area contributed by atoms with Crippen molar-refractivity contribution in [1.29, 1.82) is 0 Å². The molecule has 1 amide bonds. The van der Waals surface area contributed by atoms with E-state index in [9.17, 15) is 9.18 Å². The zero-order valence-corrected chi connectivity index (χ0v) is 18.3. The van der Waals surface area contributed by atoms with Crippen LogP contribution in [0.2, 0.25) is 0 Å². The largest absolute Gasteiger partial charge is 0.493 e. The molecule has 1 N–H and O–H groups in total. The SMILES string of the molecule is C/C(F)=C\CCN1CC[C@@H](c2ccccc2)[C@H](COc2ccc3c(c2)C(=O)NC3)[C@H]1C. The van der Waals surface area contributed by atoms with Crippen molar-refractivity contribution >= 4 is 5.91 Å². The van der Waals surface area contributed by atoms with Gasteiger partial charge >= 0.3 is 0 Å². The Morgan fingerprint density at radius 1 is 1.26 bits per heavy atom. The number of nitrogens with one attached hydrogen (secondary N) is 1. The number of ether oxygens (including phenoxy) is 1. The molecular weight excluding hydrogens is 391 g/mol. The monoisotopic (exact) mass is 422 g/mol. The van der Waals surface area contributed by atoms with Crippen molar-refractivity contribution in [3.63, 3.8) is 0 Å². The number of likely N-dealkylation sites (tertiary alicyclic amines) is 1. The van der Waals surface area contributed by atoms with Crippen LogP contribution in [0.3, 0.4) is 0 Å². The molecule has 2 aromatic rings. The van der Waals surface area contributed by atoms with Crippen molar-refractivity contribution in [2.75, 3.05) is 19.7 Å². The topological polar surface area (TPSA) is 41.6 Å². The molecule has 1 saturated heterocycles. The van der Waals surface area contributed by atoms with Gasteiger partial charge in [0.15, 0.2) is 0 Å². The molecule has 4 rings (SSSR count). The van der Waals surface area contributed by atoms with Crippen LogP contribution in [-0.2, 0) is 6.54 Å². The van der Waals surface area contributed by atoms with E-state index in [1.807, 2.05) is 18.2 Å². The number of nitrogens with zero attached hydrogens (tertiary/aromatic N) is 1. The molecule has 0 radical (unpaired) electrons. The second-order valence-corrected chi connectivity index (χ2v) is 8.64. The highest BCUT2D eigenvalue weighted by molar-refractivity contribution is 5.98. The Morgan fingerprint density at radius 2 is 2.06 bits per heavy atom. The number of carbonyl (C=O) groups is 1. The standard InChI is InChI=1S/C26H31FN2O2/c1-18(27)7-6-13-29-14-12-23(20-8-4-3-5-9-20)25(19(29)2)17-31-22-11-10-21-16-28-26(30)24(21)15-22/h3-5,7-11,15,19,23,25H,6,12-14,16-17H2,1-2H3,(H,28,30)/b18-7+/t19-,23+,25-/m1/s1. The molecule has 0 aliphatic carbocycles. The summed E-state index contributed by atoms with van der Waals surface area (Å²) in [5.74, 6) is 1.30. The summed E-state index contributed by atoms with van der Waals surface area (Å²) in [7, 11) is 0. The Balaban J connectivity index is 1.50. The summed E-state index contributed by atoms with van der Waals surface area (Å²) in [5.41, 5.74) is 3.08. The molecule has 2 aliphatic heterocycles. The van der Waals surface area contributed by atoms with Crippen molar-refractivity contribution in [3.8, 4) is 5.75 Å². The van der Waals surface area contributed by atoms with Gasteiger partial charge in [0.25, 0.3) is 5.91 Å². The maximum atomic E-state index is 13.1. The van der Waals surface area contributed by atoms with Crippen LogP contribution >= 0.6 is 0 Å². The average molecular weight is 423 g/mol. The van der Waals surface area contributed by atoms with Crippen LogP contribution in [0.1, 0.15) is 54.1 Å². The number of fused-ring (bicyclic) bond motifs is 1. The van der Waals surface area contributed by atoms with Gasteiger partial charge in [-0.3, -0.25) is 9.69 Å². The summed E-state index contributed by atoms with van der Waals surface area (Å²) in [5, 5.41) is 2.85. The first kappa shape index (κ1) is 21.6. The zero-order chi connectivity index (χ0) is 21.8. The smallest absolute Gasteiger partial charge is 0.252 e. The number of amides is 1. The van der Waals surface area contributed by atoms with Gasteiger partial charge in [0.2, 0.25) is 0 Å². The van der Waals surface area contributed by atoms with Gasteiger partial charge in [0.1, 0.15) is 5.75 Å². The number of hydrogen-bond acceptors (Lipinski definition) is 3. The molecular formula is C26H31FN2O2. The molecule has 3 atom stereocenters. The quantitative estimate of drug-likeness (QED) is 0.678. The Labute approximate surface area is 184 Å². The fraction of sp³-hybridized carbons (Fsp3) is 0.423. The molecule has 4 nitrogen and oxygen atoms in total. The van der Waals surface area contributed by atoms with E-state index in [1.165, 1.54) is 12.5 Å². The number of benzene rings is 2. The van der Waals surface area contributed by atoms with E-state index in [-0.39, 0.29) is 11.7 Å². The van der Waals surface area contributed by atoms with Gasteiger partial charge in [-0.25, -0.2) is 4.39 Å². The average Bonchev–Trinajstić information content (AvgIpc) is 3.14. The molecule has 2 aromatic carbocycles. The van der Waals surface area contributed by atoms with Crippen molar-refractivity contribution in [1.82, 2.24) is 10.2 Å². The summed E-state index contributed by atoms with van der Waals surface area (Å²) in [6.45, 7) is 6.76. The van der Waals surface area contributed by atoms with Crippen LogP contribution in [0.15, 0.2) is 60.4 Å². The second kappa shape index (κ2) is 9.65. The van der Waals surface area contributed by atoms with Crippen molar-refractivity contribution in [2.45, 2.75) is 45.2 Å². The molecule has 1 fully saturated rings. The van der Waals surface area contributed by atoms with Crippen LogP contribution in [0, 0.1) is 5.92 Å². The third kappa shape index (κ3) is 4.99. The predicted molar refractivity (Wildman–Crippen MR) is 121 cm³/mol. The van der Waals surface area contributed by atoms with Gasteiger partial charge in [0, 0.05) is 30.6 Å². The highest BCUT2D eigenvalue weighted by Crippen LogP contribution is 2.37. The van der Waals surface area contributed by atoms with E-state index >= 15 is 0 Å². The summed E-state index contributed by atoms with van der Waals surface area (Å²) >= 11 is 0. The minimum absolute atomic E-state index is 0.0315. The first-order valence-electron chi connectivity index (χ1n) is 11.2. The van der Waals surface area contributed by atoms with Crippen LogP contribution in [0.4, 0.5) is 4.39 Å². The lowest BCUT2D eigenvalue weighted by atomic mass is 9.76. The number of halogens is 1. The zero-order valence-electron chi connectivity index (χ0n) is 18.3. The third-order valence-electron chi connectivity index (χ3n) is 6.72. The molecule has 0 bridgehead atoms. The molecule has 0 aromatic heterocycles. The lowest BCUT2D eigenvalue weighted by Crippen LogP contribution is -2.49. The van der Waals surface area contributed by atoms with Gasteiger partial charge in [-0.05, 0) is 62.4 Å². The van der Waals surface area contributed by atoms with E-state index in [0.717, 1.165) is 37.2 Å². The van der Waals surface area contributed by atoms with Gasteiger partial charge in [0.05, 0.1) is 12.4 Å². The minimum atomic E-state index is -0.118. The van der Waals surface area contributed by atoms with E-state index in [4.69, 9.17) is 4.74 Å². The maximum Gasteiger partial charge on any atom is 0.252 e.